The summed E-state index contributed by atoms with van der Waals surface area (Å²) in [5.74, 6) is 1.41. The van der Waals surface area contributed by atoms with Crippen molar-refractivity contribution in [1.82, 2.24) is 9.21 Å². The van der Waals surface area contributed by atoms with E-state index in [0.29, 0.717) is 37.7 Å². The number of carbonyl (C=O) groups excluding carboxylic acids is 1. The molecule has 0 bridgehead atoms. The molecule has 1 saturated carbocycles. The molecule has 4 rings (SSSR count). The normalized spacial score (nSPS) is 28.1. The summed E-state index contributed by atoms with van der Waals surface area (Å²) in [7, 11) is -0.955. The Hall–Kier alpha value is -1.80. The maximum absolute atomic E-state index is 13.6. The summed E-state index contributed by atoms with van der Waals surface area (Å²) >= 11 is 0. The van der Waals surface area contributed by atoms with E-state index in [-0.39, 0.29) is 22.5 Å². The van der Waals surface area contributed by atoms with E-state index < -0.39 is 15.6 Å². The van der Waals surface area contributed by atoms with E-state index in [1.807, 2.05) is 4.90 Å². The second-order valence-corrected chi connectivity index (χ2v) is 10.0. The number of fused-ring (bicyclic) bond motifs is 1. The number of likely N-dealkylation sites (tertiary alicyclic amines) is 1. The van der Waals surface area contributed by atoms with Crippen LogP contribution in [0, 0.1) is 11.8 Å². The van der Waals surface area contributed by atoms with Crippen molar-refractivity contribution in [3.05, 3.63) is 18.2 Å². The van der Waals surface area contributed by atoms with Crippen LogP contribution in [0.1, 0.15) is 32.6 Å². The van der Waals surface area contributed by atoms with Gasteiger partial charge in [0.05, 0.1) is 14.2 Å². The van der Waals surface area contributed by atoms with Crippen molar-refractivity contribution in [2.75, 3.05) is 33.9 Å². The van der Waals surface area contributed by atoms with Crippen LogP contribution in [0.25, 0.3) is 0 Å². The van der Waals surface area contributed by atoms with Crippen molar-refractivity contribution in [1.29, 1.82) is 0 Å². The Labute approximate surface area is 166 Å². The van der Waals surface area contributed by atoms with Gasteiger partial charge in [-0.25, -0.2) is 8.42 Å². The summed E-state index contributed by atoms with van der Waals surface area (Å²) < 4.78 is 39.1. The quantitative estimate of drug-likeness (QED) is 0.746. The highest BCUT2D eigenvalue weighted by molar-refractivity contribution is 7.89. The molecule has 7 nitrogen and oxygen atoms in total. The van der Waals surface area contributed by atoms with Gasteiger partial charge in [-0.2, -0.15) is 4.31 Å². The van der Waals surface area contributed by atoms with Gasteiger partial charge in [-0.15, -0.1) is 0 Å². The highest BCUT2D eigenvalue weighted by Crippen LogP contribution is 2.59. The molecule has 0 N–H and O–H groups in total. The van der Waals surface area contributed by atoms with Crippen LogP contribution >= 0.6 is 0 Å². The monoisotopic (exact) mass is 408 g/mol. The predicted octanol–water partition coefficient (Wildman–Crippen LogP) is 2.12. The average Bonchev–Trinajstić information content (AvgIpc) is 3.31. The molecule has 2 unspecified atom stereocenters. The Morgan fingerprint density at radius 1 is 1.11 bits per heavy atom. The number of piperidine rings is 2. The summed E-state index contributed by atoms with van der Waals surface area (Å²) in [6, 6.07) is 4.73. The largest absolute Gasteiger partial charge is 0.497 e. The third kappa shape index (κ3) is 2.88. The number of nitrogens with zero attached hydrogens (tertiary/aromatic N) is 2. The standard InChI is InChI=1S/C20H28N2O5S/c1-14-6-9-21(10-7-14)19(23)20-13-15(20)8-11-22(20)28(24,25)18-12-16(26-2)4-5-17(18)27-3/h4-5,12,14-15H,6-11,13H2,1-3H3. The fraction of sp³-hybridized carbons (Fsp3) is 0.650. The van der Waals surface area contributed by atoms with Gasteiger partial charge in [-0.05, 0) is 49.7 Å². The molecule has 0 aromatic heterocycles. The van der Waals surface area contributed by atoms with Crippen LogP contribution in [-0.4, -0.2) is 62.9 Å². The second kappa shape index (κ2) is 6.91. The molecule has 28 heavy (non-hydrogen) atoms. The van der Waals surface area contributed by atoms with Crippen molar-refractivity contribution in [3.8, 4) is 11.5 Å². The van der Waals surface area contributed by atoms with Crippen LogP contribution in [-0.2, 0) is 14.8 Å². The number of benzene rings is 1. The minimum atomic E-state index is -3.89. The Kier molecular flexibility index (Phi) is 4.82. The van der Waals surface area contributed by atoms with Crippen molar-refractivity contribution in [2.24, 2.45) is 11.8 Å². The zero-order valence-corrected chi connectivity index (χ0v) is 17.5. The maximum Gasteiger partial charge on any atom is 0.247 e. The molecular formula is C20H28N2O5S. The predicted molar refractivity (Wildman–Crippen MR) is 104 cm³/mol. The zero-order chi connectivity index (χ0) is 20.1. The highest BCUT2D eigenvalue weighted by atomic mass is 32.2. The molecule has 2 atom stereocenters. The molecule has 1 amide bonds. The lowest BCUT2D eigenvalue weighted by molar-refractivity contribution is -0.137. The van der Waals surface area contributed by atoms with Crippen LogP contribution in [0.4, 0.5) is 0 Å². The van der Waals surface area contributed by atoms with E-state index in [4.69, 9.17) is 9.47 Å². The fourth-order valence-corrected chi connectivity index (χ4v) is 6.71. The number of ether oxygens (including phenoxy) is 2. The third-order valence-corrected chi connectivity index (χ3v) is 8.54. The first-order valence-electron chi connectivity index (χ1n) is 9.89. The summed E-state index contributed by atoms with van der Waals surface area (Å²) in [6.07, 6.45) is 3.29. The van der Waals surface area contributed by atoms with Gasteiger partial charge in [-0.1, -0.05) is 6.92 Å². The van der Waals surface area contributed by atoms with Gasteiger partial charge in [0.25, 0.3) is 0 Å². The first-order chi connectivity index (χ1) is 13.3. The molecule has 1 aromatic rings. The van der Waals surface area contributed by atoms with Crippen LogP contribution in [0.3, 0.4) is 0 Å². The van der Waals surface area contributed by atoms with E-state index >= 15 is 0 Å². The van der Waals surface area contributed by atoms with E-state index in [9.17, 15) is 13.2 Å². The van der Waals surface area contributed by atoms with Gasteiger partial charge < -0.3 is 14.4 Å². The molecule has 3 fully saturated rings. The number of sulfonamides is 1. The Balaban J connectivity index is 1.68. The molecule has 1 aliphatic carbocycles. The molecule has 0 spiro atoms. The van der Waals surface area contributed by atoms with Gasteiger partial charge in [0.2, 0.25) is 15.9 Å². The Morgan fingerprint density at radius 2 is 1.82 bits per heavy atom. The number of amides is 1. The van der Waals surface area contributed by atoms with Gasteiger partial charge >= 0.3 is 0 Å². The van der Waals surface area contributed by atoms with Crippen LogP contribution in [0.15, 0.2) is 23.1 Å². The molecule has 8 heteroatoms. The summed E-state index contributed by atoms with van der Waals surface area (Å²) in [5.41, 5.74) is -0.909. The second-order valence-electron chi connectivity index (χ2n) is 8.18. The third-order valence-electron chi connectivity index (χ3n) is 6.58. The van der Waals surface area contributed by atoms with Crippen molar-refractivity contribution in [3.63, 3.8) is 0 Å². The van der Waals surface area contributed by atoms with Crippen LogP contribution in [0.5, 0.6) is 11.5 Å². The number of hydrogen-bond donors (Lipinski definition) is 0. The van der Waals surface area contributed by atoms with Gasteiger partial charge in [-0.3, -0.25) is 4.79 Å². The average molecular weight is 409 g/mol. The molecule has 0 radical (unpaired) electrons. The molecule has 2 aliphatic heterocycles. The Morgan fingerprint density at radius 3 is 2.43 bits per heavy atom. The van der Waals surface area contributed by atoms with Gasteiger partial charge in [0.1, 0.15) is 21.9 Å². The first kappa shape index (κ1) is 19.5. The molecule has 2 saturated heterocycles. The molecule has 2 heterocycles. The zero-order valence-electron chi connectivity index (χ0n) is 16.7. The summed E-state index contributed by atoms with van der Waals surface area (Å²) in [6.45, 7) is 3.99. The molecule has 1 aromatic carbocycles. The van der Waals surface area contributed by atoms with Crippen molar-refractivity contribution >= 4 is 15.9 Å². The Bertz CT molecular complexity index is 879. The molecule has 3 aliphatic rings. The number of methoxy groups -OCH3 is 2. The minimum absolute atomic E-state index is 0.0210. The van der Waals surface area contributed by atoms with Gasteiger partial charge in [0, 0.05) is 25.7 Å². The summed E-state index contributed by atoms with van der Waals surface area (Å²) in [4.78, 5) is 15.3. The van der Waals surface area contributed by atoms with E-state index in [2.05, 4.69) is 6.92 Å². The van der Waals surface area contributed by atoms with E-state index in [0.717, 1.165) is 19.3 Å². The highest BCUT2D eigenvalue weighted by Gasteiger charge is 2.71. The lowest BCUT2D eigenvalue weighted by atomic mass is 9.98. The van der Waals surface area contributed by atoms with Crippen molar-refractivity contribution < 1.29 is 22.7 Å². The number of carbonyl (C=O) groups is 1. The smallest absolute Gasteiger partial charge is 0.247 e. The maximum atomic E-state index is 13.6. The van der Waals surface area contributed by atoms with Gasteiger partial charge in [0.15, 0.2) is 0 Å². The first-order valence-corrected chi connectivity index (χ1v) is 11.3. The topological polar surface area (TPSA) is 76.1 Å². The van der Waals surface area contributed by atoms with Crippen LogP contribution < -0.4 is 9.47 Å². The van der Waals surface area contributed by atoms with E-state index in [1.54, 1.807) is 12.1 Å². The SMILES string of the molecule is COc1ccc(OC)c(S(=O)(=O)N2CCC3CC32C(=O)N2CCC(C)CC2)c1. The molecule has 154 valence electrons. The fourth-order valence-electron chi connectivity index (χ4n) is 4.73. The minimum Gasteiger partial charge on any atom is -0.497 e. The molecular weight excluding hydrogens is 380 g/mol. The lowest BCUT2D eigenvalue weighted by Crippen LogP contribution is -2.53. The van der Waals surface area contributed by atoms with E-state index in [1.165, 1.54) is 24.6 Å². The number of hydrogen-bond acceptors (Lipinski definition) is 5. The number of rotatable bonds is 5. The lowest BCUT2D eigenvalue weighted by Gasteiger charge is -2.36. The summed E-state index contributed by atoms with van der Waals surface area (Å²) in [5, 5.41) is 0. The van der Waals surface area contributed by atoms with Crippen molar-refractivity contribution in [2.45, 2.75) is 43.0 Å². The van der Waals surface area contributed by atoms with Crippen LogP contribution in [0.2, 0.25) is 0 Å².